The van der Waals surface area contributed by atoms with Crippen LogP contribution in [0.1, 0.15) is 16.4 Å². The van der Waals surface area contributed by atoms with Crippen molar-refractivity contribution < 1.29 is 32.3 Å². The van der Waals surface area contributed by atoms with E-state index in [1.807, 2.05) is 0 Å². The zero-order valence-corrected chi connectivity index (χ0v) is 25.3. The number of H-pyrrole nitrogens is 1. The van der Waals surface area contributed by atoms with Gasteiger partial charge in [-0.25, -0.2) is 18.5 Å². The minimum atomic E-state index is -3.86. The summed E-state index contributed by atoms with van der Waals surface area (Å²) in [6.07, 6.45) is 0. The van der Waals surface area contributed by atoms with Gasteiger partial charge in [0.2, 0.25) is 21.8 Å². The van der Waals surface area contributed by atoms with E-state index in [1.54, 1.807) is 48.5 Å². The zero-order valence-electron chi connectivity index (χ0n) is 22.9. The van der Waals surface area contributed by atoms with Gasteiger partial charge in [-0.2, -0.15) is 0 Å². The smallest absolute Gasteiger partial charge is 0.305 e. The third kappa shape index (κ3) is 5.50. The highest BCUT2D eigenvalue weighted by Gasteiger charge is 2.56. The largest absolute Gasteiger partial charge is 0.493 e. The minimum Gasteiger partial charge on any atom is -0.493 e. The second-order valence-electron chi connectivity index (χ2n) is 9.91. The number of para-hydroxylation sites is 1. The average molecular weight is 653 g/mol. The number of aromatic nitrogens is 1. The molecule has 2 aliphatic rings. The molecule has 3 heterocycles. The summed E-state index contributed by atoms with van der Waals surface area (Å²) in [5, 5.41) is 7.52. The van der Waals surface area contributed by atoms with E-state index in [4.69, 9.17) is 14.6 Å². The molecule has 0 aliphatic carbocycles. The molecule has 15 heteroatoms. The van der Waals surface area contributed by atoms with Crippen LogP contribution >= 0.6 is 23.1 Å². The summed E-state index contributed by atoms with van der Waals surface area (Å²) in [6, 6.07) is 19.1. The molecule has 0 bridgehead atoms. The highest BCUT2D eigenvalue weighted by atomic mass is 32.2. The quantitative estimate of drug-likeness (QED) is 0.242. The normalized spacial score (nSPS) is 19.3. The number of amides is 3. The molecule has 3 atom stereocenters. The third-order valence-electron chi connectivity index (χ3n) is 7.21. The van der Waals surface area contributed by atoms with Crippen molar-refractivity contribution in [3.8, 4) is 11.5 Å². The molecule has 1 aromatic heterocycles. The van der Waals surface area contributed by atoms with Crippen LogP contribution in [0.4, 0.5) is 11.4 Å². The molecule has 12 nitrogen and oxygen atoms in total. The second-order valence-corrected chi connectivity index (χ2v) is 13.6. The van der Waals surface area contributed by atoms with Crippen LogP contribution < -0.4 is 29.7 Å². The van der Waals surface area contributed by atoms with Crippen LogP contribution in [0.5, 0.6) is 11.5 Å². The zero-order chi connectivity index (χ0) is 31.2. The first-order chi connectivity index (χ1) is 21.0. The number of carbonyl (C=O) groups excluding carboxylic acids is 3. The first-order valence-corrected chi connectivity index (χ1v) is 16.4. The lowest BCUT2D eigenvalue weighted by Gasteiger charge is -2.30. The highest BCUT2D eigenvalue weighted by Crippen LogP contribution is 2.53. The number of hydrogen-bond donors (Lipinski definition) is 3. The predicted molar refractivity (Wildman–Crippen MR) is 164 cm³/mol. The van der Waals surface area contributed by atoms with Gasteiger partial charge in [-0.05, 0) is 54.1 Å². The second kappa shape index (κ2) is 11.6. The fourth-order valence-electron chi connectivity index (χ4n) is 5.27. The number of thioether (sulfide) groups is 1. The van der Waals surface area contributed by atoms with Crippen LogP contribution in [0.3, 0.4) is 0 Å². The Hall–Kier alpha value is -4.44. The maximum atomic E-state index is 13.8. The molecule has 4 N–H and O–H groups in total. The first kappa shape index (κ1) is 29.6. The fourth-order valence-corrected chi connectivity index (χ4v) is 8.30. The maximum Gasteiger partial charge on any atom is 0.305 e. The van der Waals surface area contributed by atoms with Gasteiger partial charge in [-0.15, -0.1) is 0 Å². The lowest BCUT2D eigenvalue weighted by atomic mass is 9.83. The number of nitrogens with one attached hydrogen (secondary N) is 2. The molecule has 44 heavy (non-hydrogen) atoms. The van der Waals surface area contributed by atoms with Crippen LogP contribution in [-0.2, 0) is 24.4 Å². The number of methoxy groups -OCH3 is 1. The Bertz CT molecular complexity index is 1940. The van der Waals surface area contributed by atoms with Gasteiger partial charge in [-0.3, -0.25) is 19.2 Å². The van der Waals surface area contributed by atoms with E-state index in [0.29, 0.717) is 26.8 Å². The molecule has 1 fully saturated rings. The maximum absolute atomic E-state index is 13.8. The number of anilines is 2. The van der Waals surface area contributed by atoms with Crippen LogP contribution in [0.15, 0.2) is 87.5 Å². The van der Waals surface area contributed by atoms with Crippen molar-refractivity contribution in [2.45, 2.75) is 21.1 Å². The number of rotatable bonds is 8. The topological polar surface area (TPSA) is 178 Å². The molecule has 2 aliphatic heterocycles. The van der Waals surface area contributed by atoms with Crippen molar-refractivity contribution in [3.05, 3.63) is 92.9 Å². The van der Waals surface area contributed by atoms with Gasteiger partial charge in [0.15, 0.2) is 18.1 Å². The summed E-state index contributed by atoms with van der Waals surface area (Å²) in [5.74, 6) is -2.07. The van der Waals surface area contributed by atoms with Gasteiger partial charge >= 0.3 is 4.87 Å². The molecule has 226 valence electrons. The van der Waals surface area contributed by atoms with E-state index in [-0.39, 0.29) is 39.7 Å². The lowest BCUT2D eigenvalue weighted by molar-refractivity contribution is -0.122. The molecular formula is C29H24N4O8S3. The minimum absolute atomic E-state index is 0.0880. The Morgan fingerprint density at radius 2 is 1.73 bits per heavy atom. The van der Waals surface area contributed by atoms with E-state index in [9.17, 15) is 27.6 Å². The van der Waals surface area contributed by atoms with Crippen molar-refractivity contribution in [1.29, 1.82) is 0 Å². The van der Waals surface area contributed by atoms with Crippen molar-refractivity contribution in [2.24, 2.45) is 11.1 Å². The van der Waals surface area contributed by atoms with Gasteiger partial charge < -0.3 is 19.8 Å². The first-order valence-electron chi connectivity index (χ1n) is 13.1. The van der Waals surface area contributed by atoms with E-state index in [1.165, 1.54) is 48.0 Å². The number of imide groups is 1. The molecule has 0 saturated carbocycles. The summed E-state index contributed by atoms with van der Waals surface area (Å²) < 4.78 is 34.2. The van der Waals surface area contributed by atoms with Crippen LogP contribution in [-0.4, -0.2) is 50.1 Å². The monoisotopic (exact) mass is 652 g/mol. The Morgan fingerprint density at radius 3 is 2.41 bits per heavy atom. The lowest BCUT2D eigenvalue weighted by Crippen LogP contribution is -2.32. The molecule has 4 aromatic rings. The molecular weight excluding hydrogens is 629 g/mol. The number of primary sulfonamides is 1. The van der Waals surface area contributed by atoms with E-state index in [2.05, 4.69) is 10.3 Å². The fraction of sp³-hybridized carbons (Fsp3) is 0.172. The average Bonchev–Trinajstić information content (AvgIpc) is 3.50. The highest BCUT2D eigenvalue weighted by molar-refractivity contribution is 8.00. The van der Waals surface area contributed by atoms with Gasteiger partial charge in [-0.1, -0.05) is 47.4 Å². The van der Waals surface area contributed by atoms with E-state index in [0.717, 1.165) is 11.3 Å². The van der Waals surface area contributed by atoms with Gasteiger partial charge in [0, 0.05) is 16.5 Å². The standard InChI is InChI=1S/C29H24N4O8S3/c1-40-20-13-15(7-12-19(20)41-14-21(34)31-16-8-10-18(11-9-16)44(30,38)39)22-23-25(42-26-24(22)43-29(37)32-26)28(36)33(27(23)35)17-5-3-2-4-6-17/h2-13,22-23,25H,14H2,1H3,(H,31,34)(H,32,37)(H2,30,38,39)/t22-,23?,25?/m1/s1. The molecule has 3 amide bonds. The number of carbonyl (C=O) groups is 3. The Kier molecular flexibility index (Phi) is 7.79. The Labute approximate surface area is 259 Å². The van der Waals surface area contributed by atoms with Crippen LogP contribution in [0.2, 0.25) is 0 Å². The SMILES string of the molecule is COc1cc([C@H]2c3sc(=O)[nH]c3SC3C(=O)N(c4ccccc4)C(=O)C32)ccc1OCC(=O)Nc1ccc(S(N)(=O)=O)cc1. The molecule has 6 rings (SSSR count). The van der Waals surface area contributed by atoms with Gasteiger partial charge in [0.25, 0.3) is 5.91 Å². The van der Waals surface area contributed by atoms with Crippen molar-refractivity contribution >= 4 is 62.2 Å². The van der Waals surface area contributed by atoms with Gasteiger partial charge in [0.05, 0.1) is 28.6 Å². The number of fused-ring (bicyclic) bond motifs is 2. The number of nitrogens with zero attached hydrogens (tertiary/aromatic N) is 1. The number of aromatic amines is 1. The van der Waals surface area contributed by atoms with Crippen molar-refractivity contribution in [3.63, 3.8) is 0 Å². The molecule has 3 aromatic carbocycles. The molecule has 1 saturated heterocycles. The van der Waals surface area contributed by atoms with Crippen molar-refractivity contribution in [1.82, 2.24) is 4.98 Å². The van der Waals surface area contributed by atoms with Crippen LogP contribution in [0, 0.1) is 5.92 Å². The summed E-state index contributed by atoms with van der Waals surface area (Å²) >= 11 is 2.19. The number of benzene rings is 3. The van der Waals surface area contributed by atoms with Crippen LogP contribution in [0.25, 0.3) is 0 Å². The van der Waals surface area contributed by atoms with E-state index < -0.39 is 33.0 Å². The molecule has 2 unspecified atom stereocenters. The molecule has 0 radical (unpaired) electrons. The van der Waals surface area contributed by atoms with E-state index >= 15 is 0 Å². The predicted octanol–water partition coefficient (Wildman–Crippen LogP) is 2.91. The Balaban J connectivity index is 1.25. The number of hydrogen-bond acceptors (Lipinski definition) is 10. The summed E-state index contributed by atoms with van der Waals surface area (Å²) in [7, 11) is -2.43. The number of ether oxygens (including phenoxy) is 2. The summed E-state index contributed by atoms with van der Waals surface area (Å²) in [5.41, 5.74) is 1.46. The molecule has 0 spiro atoms. The third-order valence-corrected chi connectivity index (χ3v) is 10.5. The number of thiazole rings is 1. The number of sulfonamides is 1. The number of nitrogens with two attached hydrogens (primary N) is 1. The Morgan fingerprint density at radius 1 is 1.00 bits per heavy atom. The van der Waals surface area contributed by atoms with Crippen molar-refractivity contribution in [2.75, 3.05) is 23.9 Å². The summed E-state index contributed by atoms with van der Waals surface area (Å²) in [6.45, 7) is -0.389. The summed E-state index contributed by atoms with van der Waals surface area (Å²) in [4.78, 5) is 56.6. The van der Waals surface area contributed by atoms with Gasteiger partial charge in [0.1, 0.15) is 5.25 Å².